The van der Waals surface area contributed by atoms with E-state index in [0.717, 1.165) is 12.0 Å². The van der Waals surface area contributed by atoms with Crippen LogP contribution in [0.2, 0.25) is 0 Å². The summed E-state index contributed by atoms with van der Waals surface area (Å²) in [7, 11) is 0. The molecule has 0 radical (unpaired) electrons. The van der Waals surface area contributed by atoms with E-state index in [4.69, 9.17) is 0 Å². The van der Waals surface area contributed by atoms with Gasteiger partial charge in [0.1, 0.15) is 0 Å². The molecule has 12 heavy (non-hydrogen) atoms. The first kappa shape index (κ1) is 10.5. The fraction of sp³-hybridized carbons (Fsp3) is 1.00. The zero-order valence-corrected chi connectivity index (χ0v) is 9.97. The Morgan fingerprint density at radius 1 is 1.58 bits per heavy atom. The van der Waals surface area contributed by atoms with Gasteiger partial charge in [-0.15, -0.1) is 0 Å². The number of likely N-dealkylation sites (tertiary alicyclic amines) is 1. The van der Waals surface area contributed by atoms with E-state index in [1.54, 1.807) is 0 Å². The van der Waals surface area contributed by atoms with Gasteiger partial charge < -0.3 is 0 Å². The Labute approximate surface area is 84.6 Å². The molecule has 0 saturated carbocycles. The van der Waals surface area contributed by atoms with Crippen molar-refractivity contribution in [3.8, 4) is 0 Å². The molecule has 72 valence electrons. The van der Waals surface area contributed by atoms with E-state index >= 15 is 0 Å². The third-order valence-corrected chi connectivity index (χ3v) is 4.30. The minimum Gasteiger partial charge on any atom is -0.300 e. The summed E-state index contributed by atoms with van der Waals surface area (Å²) >= 11 is 3.75. The zero-order chi connectivity index (χ0) is 9.14. The topological polar surface area (TPSA) is 3.24 Å². The van der Waals surface area contributed by atoms with Gasteiger partial charge in [-0.1, -0.05) is 29.8 Å². The molecule has 1 heterocycles. The maximum Gasteiger partial charge on any atom is 0.0299 e. The van der Waals surface area contributed by atoms with Crippen molar-refractivity contribution in [2.24, 2.45) is 5.92 Å². The summed E-state index contributed by atoms with van der Waals surface area (Å²) in [6.45, 7) is 9.46. The van der Waals surface area contributed by atoms with Gasteiger partial charge in [-0.05, 0) is 32.2 Å². The molecule has 1 aliphatic heterocycles. The summed E-state index contributed by atoms with van der Waals surface area (Å²) in [6.07, 6.45) is 2.62. The van der Waals surface area contributed by atoms with Gasteiger partial charge in [0, 0.05) is 17.4 Å². The van der Waals surface area contributed by atoms with Gasteiger partial charge >= 0.3 is 0 Å². The number of alkyl halides is 1. The molecule has 1 saturated heterocycles. The Kier molecular flexibility index (Phi) is 4.04. The van der Waals surface area contributed by atoms with Crippen molar-refractivity contribution < 1.29 is 0 Å². The van der Waals surface area contributed by atoms with Gasteiger partial charge in [0.2, 0.25) is 0 Å². The normalized spacial score (nSPS) is 35.0. The SMILES string of the molecule is CCC(C)N1CCC(C)C(Br)C1. The van der Waals surface area contributed by atoms with Crippen molar-refractivity contribution >= 4 is 15.9 Å². The highest BCUT2D eigenvalue weighted by Crippen LogP contribution is 2.24. The quantitative estimate of drug-likeness (QED) is 0.664. The summed E-state index contributed by atoms with van der Waals surface area (Å²) in [5.74, 6) is 0.852. The average molecular weight is 234 g/mol. The average Bonchev–Trinajstić information content (AvgIpc) is 2.08. The predicted octanol–water partition coefficient (Wildman–Crippen LogP) is 2.89. The molecule has 1 fully saturated rings. The Bertz CT molecular complexity index is 138. The molecule has 0 aliphatic carbocycles. The molecule has 0 aromatic rings. The second-order valence-corrected chi connectivity index (χ2v) is 5.21. The standard InChI is InChI=1S/C10H20BrN/c1-4-9(3)12-6-5-8(2)10(11)7-12/h8-10H,4-7H2,1-3H3. The molecule has 0 aromatic heterocycles. The van der Waals surface area contributed by atoms with Gasteiger partial charge in [0.15, 0.2) is 0 Å². The second kappa shape index (κ2) is 4.61. The highest BCUT2D eigenvalue weighted by molar-refractivity contribution is 9.09. The molecule has 0 N–H and O–H groups in total. The molecule has 0 aromatic carbocycles. The Balaban J connectivity index is 2.39. The Morgan fingerprint density at radius 2 is 2.25 bits per heavy atom. The summed E-state index contributed by atoms with van der Waals surface area (Å²) in [4.78, 5) is 3.31. The molecule has 1 nitrogen and oxygen atoms in total. The molecule has 3 unspecified atom stereocenters. The minimum absolute atomic E-state index is 0.709. The first-order valence-corrected chi connectivity index (χ1v) is 5.94. The third kappa shape index (κ3) is 2.46. The molecular formula is C10H20BrN. The molecule has 2 heteroatoms. The van der Waals surface area contributed by atoms with Crippen molar-refractivity contribution in [1.82, 2.24) is 4.90 Å². The Hall–Kier alpha value is 0.440. The number of hydrogen-bond acceptors (Lipinski definition) is 1. The Morgan fingerprint density at radius 3 is 2.75 bits per heavy atom. The minimum atomic E-state index is 0.709. The van der Waals surface area contributed by atoms with Crippen LogP contribution in [-0.4, -0.2) is 28.9 Å². The van der Waals surface area contributed by atoms with E-state index in [0.29, 0.717) is 4.83 Å². The van der Waals surface area contributed by atoms with Crippen LogP contribution in [0.25, 0.3) is 0 Å². The van der Waals surface area contributed by atoms with E-state index in [2.05, 4.69) is 41.6 Å². The lowest BCUT2D eigenvalue weighted by molar-refractivity contribution is 0.151. The number of halogens is 1. The van der Waals surface area contributed by atoms with Crippen LogP contribution in [0.5, 0.6) is 0 Å². The van der Waals surface area contributed by atoms with Crippen LogP contribution in [0.4, 0.5) is 0 Å². The lowest BCUT2D eigenvalue weighted by Gasteiger charge is -2.37. The molecule has 0 spiro atoms. The highest BCUT2D eigenvalue weighted by Gasteiger charge is 2.25. The predicted molar refractivity (Wildman–Crippen MR) is 57.8 cm³/mol. The smallest absolute Gasteiger partial charge is 0.0299 e. The van der Waals surface area contributed by atoms with Crippen LogP contribution in [0.3, 0.4) is 0 Å². The second-order valence-electron chi connectivity index (χ2n) is 4.03. The van der Waals surface area contributed by atoms with Crippen LogP contribution in [0, 0.1) is 5.92 Å². The van der Waals surface area contributed by atoms with Crippen molar-refractivity contribution in [3.05, 3.63) is 0 Å². The fourth-order valence-corrected chi connectivity index (χ4v) is 2.34. The van der Waals surface area contributed by atoms with Gasteiger partial charge in [0.25, 0.3) is 0 Å². The van der Waals surface area contributed by atoms with E-state index < -0.39 is 0 Å². The van der Waals surface area contributed by atoms with Crippen LogP contribution >= 0.6 is 15.9 Å². The zero-order valence-electron chi connectivity index (χ0n) is 8.39. The molecular weight excluding hydrogens is 214 g/mol. The molecule has 0 amide bonds. The maximum absolute atomic E-state index is 3.75. The number of nitrogens with zero attached hydrogens (tertiary/aromatic N) is 1. The van der Waals surface area contributed by atoms with Crippen molar-refractivity contribution in [2.75, 3.05) is 13.1 Å². The first-order chi connectivity index (χ1) is 5.65. The van der Waals surface area contributed by atoms with Gasteiger partial charge in [-0.3, -0.25) is 4.90 Å². The molecule has 1 aliphatic rings. The van der Waals surface area contributed by atoms with Crippen LogP contribution in [0.15, 0.2) is 0 Å². The van der Waals surface area contributed by atoms with Crippen molar-refractivity contribution in [2.45, 2.75) is 44.5 Å². The molecule has 0 bridgehead atoms. The first-order valence-electron chi connectivity index (χ1n) is 5.03. The van der Waals surface area contributed by atoms with Crippen LogP contribution < -0.4 is 0 Å². The van der Waals surface area contributed by atoms with Gasteiger partial charge in [0.05, 0.1) is 0 Å². The lowest BCUT2D eigenvalue weighted by atomic mass is 9.97. The third-order valence-electron chi connectivity index (χ3n) is 3.11. The molecule has 1 rings (SSSR count). The molecule has 3 atom stereocenters. The van der Waals surface area contributed by atoms with E-state index in [9.17, 15) is 0 Å². The van der Waals surface area contributed by atoms with Crippen LogP contribution in [0.1, 0.15) is 33.6 Å². The van der Waals surface area contributed by atoms with Crippen LogP contribution in [-0.2, 0) is 0 Å². The van der Waals surface area contributed by atoms with E-state index in [1.807, 2.05) is 0 Å². The number of hydrogen-bond donors (Lipinski definition) is 0. The monoisotopic (exact) mass is 233 g/mol. The summed E-state index contributed by atoms with van der Waals surface area (Å²) in [6, 6.07) is 0.762. The summed E-state index contributed by atoms with van der Waals surface area (Å²) < 4.78 is 0. The largest absolute Gasteiger partial charge is 0.300 e. The number of piperidine rings is 1. The lowest BCUT2D eigenvalue weighted by Crippen LogP contribution is -2.44. The summed E-state index contributed by atoms with van der Waals surface area (Å²) in [5, 5.41) is 0. The van der Waals surface area contributed by atoms with E-state index in [1.165, 1.54) is 25.9 Å². The van der Waals surface area contributed by atoms with Crippen molar-refractivity contribution in [3.63, 3.8) is 0 Å². The summed E-state index contributed by atoms with van der Waals surface area (Å²) in [5.41, 5.74) is 0. The highest BCUT2D eigenvalue weighted by atomic mass is 79.9. The van der Waals surface area contributed by atoms with Gasteiger partial charge in [-0.2, -0.15) is 0 Å². The maximum atomic E-state index is 3.75. The van der Waals surface area contributed by atoms with E-state index in [-0.39, 0.29) is 0 Å². The number of rotatable bonds is 2. The van der Waals surface area contributed by atoms with Gasteiger partial charge in [-0.25, -0.2) is 0 Å². The van der Waals surface area contributed by atoms with Crippen molar-refractivity contribution in [1.29, 1.82) is 0 Å². The fourth-order valence-electron chi connectivity index (χ4n) is 1.70.